The zero-order valence-corrected chi connectivity index (χ0v) is 10.4. The van der Waals surface area contributed by atoms with Crippen LogP contribution in [-0.4, -0.2) is 22.4 Å². The third kappa shape index (κ3) is 6.61. The van der Waals surface area contributed by atoms with E-state index in [2.05, 4.69) is 52.0 Å². The molecule has 1 aromatic carbocycles. The molecule has 0 fully saturated rings. The molecule has 0 saturated heterocycles. The summed E-state index contributed by atoms with van der Waals surface area (Å²) in [4.78, 5) is 0. The molecule has 0 heterocycles. The molecule has 0 radical (unpaired) electrons. The second-order valence-electron chi connectivity index (χ2n) is 4.33. The summed E-state index contributed by atoms with van der Waals surface area (Å²) in [5.74, 6) is 1.28. The highest BCUT2D eigenvalue weighted by molar-refractivity contribution is 6.30. The van der Waals surface area contributed by atoms with Gasteiger partial charge in [0, 0.05) is 0 Å². The molecule has 3 nitrogen and oxygen atoms in total. The van der Waals surface area contributed by atoms with Crippen molar-refractivity contribution in [3.63, 3.8) is 0 Å². The fourth-order valence-corrected chi connectivity index (χ4v) is 1.28. The van der Waals surface area contributed by atoms with Crippen LogP contribution in [0, 0.1) is 0 Å². The van der Waals surface area contributed by atoms with Crippen molar-refractivity contribution in [1.82, 2.24) is 0 Å². The molecule has 0 spiro atoms. The van der Waals surface area contributed by atoms with Crippen LogP contribution < -0.4 is 0 Å². The van der Waals surface area contributed by atoms with Crippen molar-refractivity contribution >= 4 is 7.32 Å². The summed E-state index contributed by atoms with van der Waals surface area (Å²) in [6.07, 6.45) is 0. The maximum Gasteiger partial charge on any atom is 0.631 e. The molecule has 0 unspecified atom stereocenters. The third-order valence-electron chi connectivity index (χ3n) is 2.24. The first-order valence-corrected chi connectivity index (χ1v) is 5.48. The van der Waals surface area contributed by atoms with Gasteiger partial charge in [-0.05, 0) is 23.0 Å². The smallest absolute Gasteiger partial charge is 0.402 e. The molecule has 0 aromatic heterocycles. The van der Waals surface area contributed by atoms with Gasteiger partial charge in [-0.2, -0.15) is 0 Å². The molecule has 0 aliphatic heterocycles. The van der Waals surface area contributed by atoms with E-state index in [0.29, 0.717) is 11.8 Å². The Balaban J connectivity index is 0.000000487. The standard InChI is InChI=1S/C12H18.BH3O3/c1-9(2)11-6-5-7-12(8-11)10(3)4;2-1(3)4/h5-10H,1-4H3;2-4H. The van der Waals surface area contributed by atoms with Crippen molar-refractivity contribution in [2.75, 3.05) is 0 Å². The van der Waals surface area contributed by atoms with Crippen LogP contribution in [0.3, 0.4) is 0 Å². The van der Waals surface area contributed by atoms with Crippen LogP contribution in [0.25, 0.3) is 0 Å². The summed E-state index contributed by atoms with van der Waals surface area (Å²) < 4.78 is 0. The molecule has 0 bridgehead atoms. The molecule has 1 rings (SSSR count). The van der Waals surface area contributed by atoms with Gasteiger partial charge >= 0.3 is 7.32 Å². The first-order chi connectivity index (χ1) is 7.34. The molecule has 0 aliphatic carbocycles. The zero-order chi connectivity index (χ0) is 12.7. The Hall–Kier alpha value is -0.835. The van der Waals surface area contributed by atoms with Crippen LogP contribution in [0.1, 0.15) is 50.7 Å². The van der Waals surface area contributed by atoms with Crippen molar-refractivity contribution in [3.8, 4) is 0 Å². The summed E-state index contributed by atoms with van der Waals surface area (Å²) in [5.41, 5.74) is 2.89. The van der Waals surface area contributed by atoms with Crippen LogP contribution in [0.15, 0.2) is 24.3 Å². The van der Waals surface area contributed by atoms with Gasteiger partial charge in [-0.3, -0.25) is 0 Å². The van der Waals surface area contributed by atoms with Crippen molar-refractivity contribution in [2.24, 2.45) is 0 Å². The van der Waals surface area contributed by atoms with E-state index >= 15 is 0 Å². The van der Waals surface area contributed by atoms with E-state index in [1.54, 1.807) is 0 Å². The van der Waals surface area contributed by atoms with Crippen molar-refractivity contribution in [3.05, 3.63) is 35.4 Å². The van der Waals surface area contributed by atoms with Gasteiger partial charge in [-0.15, -0.1) is 0 Å². The lowest BCUT2D eigenvalue weighted by molar-refractivity contribution is 0.278. The van der Waals surface area contributed by atoms with Gasteiger partial charge in [-0.1, -0.05) is 52.0 Å². The lowest BCUT2D eigenvalue weighted by Gasteiger charge is -2.09. The molecule has 0 amide bonds. The van der Waals surface area contributed by atoms with Crippen molar-refractivity contribution < 1.29 is 15.1 Å². The van der Waals surface area contributed by atoms with Gasteiger partial charge in [0.15, 0.2) is 0 Å². The van der Waals surface area contributed by atoms with E-state index in [1.165, 1.54) is 11.1 Å². The molecule has 90 valence electrons. The van der Waals surface area contributed by atoms with Gasteiger partial charge in [-0.25, -0.2) is 0 Å². The fraction of sp³-hybridized carbons (Fsp3) is 0.500. The Morgan fingerprint density at radius 2 is 1.19 bits per heavy atom. The zero-order valence-electron chi connectivity index (χ0n) is 10.4. The highest BCUT2D eigenvalue weighted by Crippen LogP contribution is 2.20. The lowest BCUT2D eigenvalue weighted by atomic mass is 9.96. The van der Waals surface area contributed by atoms with Crippen LogP contribution >= 0.6 is 0 Å². The molecule has 16 heavy (non-hydrogen) atoms. The Kier molecular flexibility index (Phi) is 7.05. The van der Waals surface area contributed by atoms with Crippen LogP contribution in [0.5, 0.6) is 0 Å². The second-order valence-corrected chi connectivity index (χ2v) is 4.33. The average Bonchev–Trinajstić information content (AvgIpc) is 2.17. The highest BCUT2D eigenvalue weighted by Gasteiger charge is 2.02. The quantitative estimate of drug-likeness (QED) is 0.672. The van der Waals surface area contributed by atoms with Gasteiger partial charge < -0.3 is 15.1 Å². The fourth-order valence-electron chi connectivity index (χ4n) is 1.28. The molecule has 0 atom stereocenters. The summed E-state index contributed by atoms with van der Waals surface area (Å²) >= 11 is 0. The number of benzene rings is 1. The summed E-state index contributed by atoms with van der Waals surface area (Å²) in [7, 11) is -2.17. The molecule has 0 saturated carbocycles. The minimum absolute atomic E-state index is 0.642. The van der Waals surface area contributed by atoms with E-state index in [1.807, 2.05) is 0 Å². The van der Waals surface area contributed by atoms with Crippen LogP contribution in [-0.2, 0) is 0 Å². The second kappa shape index (κ2) is 7.44. The molecule has 3 N–H and O–H groups in total. The molecular weight excluding hydrogens is 203 g/mol. The first-order valence-electron chi connectivity index (χ1n) is 5.48. The minimum atomic E-state index is -2.17. The monoisotopic (exact) mass is 224 g/mol. The van der Waals surface area contributed by atoms with E-state index in [-0.39, 0.29) is 0 Å². The predicted molar refractivity (Wildman–Crippen MR) is 67.0 cm³/mol. The SMILES string of the molecule is CC(C)c1cccc(C(C)C)c1.OB(O)O. The van der Waals surface area contributed by atoms with E-state index in [9.17, 15) is 0 Å². The normalized spacial score (nSPS) is 10.1. The number of hydrogen-bond donors (Lipinski definition) is 3. The Morgan fingerprint density at radius 1 is 0.875 bits per heavy atom. The van der Waals surface area contributed by atoms with Gasteiger partial charge in [0.25, 0.3) is 0 Å². The number of hydrogen-bond acceptors (Lipinski definition) is 3. The highest BCUT2D eigenvalue weighted by atomic mass is 16.5. The average molecular weight is 224 g/mol. The summed E-state index contributed by atoms with van der Waals surface area (Å²) in [6.45, 7) is 8.94. The number of rotatable bonds is 2. The predicted octanol–water partition coefficient (Wildman–Crippen LogP) is 1.88. The maximum absolute atomic E-state index is 7.17. The van der Waals surface area contributed by atoms with Crippen LogP contribution in [0.4, 0.5) is 0 Å². The lowest BCUT2D eigenvalue weighted by Crippen LogP contribution is -2.07. The Bertz CT molecular complexity index is 272. The minimum Gasteiger partial charge on any atom is -0.402 e. The topological polar surface area (TPSA) is 60.7 Å². The largest absolute Gasteiger partial charge is 0.631 e. The first kappa shape index (κ1) is 15.2. The summed E-state index contributed by atoms with van der Waals surface area (Å²) in [5, 5.41) is 21.5. The Morgan fingerprint density at radius 3 is 1.44 bits per heavy atom. The molecule has 1 aromatic rings. The van der Waals surface area contributed by atoms with Gasteiger partial charge in [0.2, 0.25) is 0 Å². The van der Waals surface area contributed by atoms with Crippen molar-refractivity contribution in [2.45, 2.75) is 39.5 Å². The third-order valence-corrected chi connectivity index (χ3v) is 2.24. The Labute approximate surface area is 97.9 Å². The van der Waals surface area contributed by atoms with Gasteiger partial charge in [0.1, 0.15) is 0 Å². The maximum atomic E-state index is 7.17. The van der Waals surface area contributed by atoms with Crippen molar-refractivity contribution in [1.29, 1.82) is 0 Å². The van der Waals surface area contributed by atoms with E-state index in [4.69, 9.17) is 15.1 Å². The summed E-state index contributed by atoms with van der Waals surface area (Å²) in [6, 6.07) is 8.88. The van der Waals surface area contributed by atoms with Gasteiger partial charge in [0.05, 0.1) is 0 Å². The molecular formula is C12H21BO3. The molecule has 0 aliphatic rings. The molecule has 4 heteroatoms. The van der Waals surface area contributed by atoms with E-state index in [0.717, 1.165) is 0 Å². The van der Waals surface area contributed by atoms with E-state index < -0.39 is 7.32 Å². The van der Waals surface area contributed by atoms with Crippen LogP contribution in [0.2, 0.25) is 0 Å².